The van der Waals surface area contributed by atoms with E-state index in [1.807, 2.05) is 56.3 Å². The zero-order valence-electron chi connectivity index (χ0n) is 20.3. The molecule has 0 unspecified atom stereocenters. The highest BCUT2D eigenvalue weighted by atomic mass is 16.5. The molecule has 0 bridgehead atoms. The van der Waals surface area contributed by atoms with Gasteiger partial charge < -0.3 is 19.9 Å². The minimum absolute atomic E-state index is 0.0498. The van der Waals surface area contributed by atoms with Crippen molar-refractivity contribution in [2.24, 2.45) is 0 Å². The molecule has 0 radical (unpaired) electrons. The van der Waals surface area contributed by atoms with Crippen LogP contribution < -0.4 is 15.4 Å². The van der Waals surface area contributed by atoms with Gasteiger partial charge in [0.05, 0.1) is 23.3 Å². The smallest absolute Gasteiger partial charge is 0.319 e. The molecule has 1 fully saturated rings. The Hall–Kier alpha value is -4.39. The molecule has 36 heavy (non-hydrogen) atoms. The monoisotopic (exact) mass is 484 g/mol. The number of aromatic nitrogens is 5. The van der Waals surface area contributed by atoms with Crippen molar-refractivity contribution in [1.82, 2.24) is 30.1 Å². The van der Waals surface area contributed by atoms with Gasteiger partial charge in [-0.3, -0.25) is 0 Å². The molecule has 1 aliphatic carbocycles. The molecule has 0 aliphatic heterocycles. The van der Waals surface area contributed by atoms with Crippen molar-refractivity contribution in [3.05, 3.63) is 54.4 Å². The van der Waals surface area contributed by atoms with E-state index in [0.717, 1.165) is 40.8 Å². The van der Waals surface area contributed by atoms with Gasteiger partial charge >= 0.3 is 6.03 Å². The molecule has 2 heterocycles. The van der Waals surface area contributed by atoms with Gasteiger partial charge in [0.15, 0.2) is 6.33 Å². The van der Waals surface area contributed by atoms with Crippen molar-refractivity contribution in [3.8, 4) is 23.1 Å². The Labute approximate surface area is 208 Å². The summed E-state index contributed by atoms with van der Waals surface area (Å²) in [6.45, 7) is 4.72. The van der Waals surface area contributed by atoms with E-state index in [2.05, 4.69) is 36.7 Å². The number of carbonyl (C=O) groups excluding carboxylic acids is 1. The fraction of sp³-hybridized carbons (Fsp3) is 0.346. The van der Waals surface area contributed by atoms with Crippen LogP contribution in [0, 0.1) is 11.3 Å². The summed E-state index contributed by atoms with van der Waals surface area (Å²) in [6.07, 6.45) is 4.70. The number of rotatable bonds is 8. The van der Waals surface area contributed by atoms with Gasteiger partial charge in [0.2, 0.25) is 0 Å². The van der Waals surface area contributed by atoms with Crippen LogP contribution in [0.25, 0.3) is 22.2 Å². The van der Waals surface area contributed by atoms with E-state index < -0.39 is 0 Å². The van der Waals surface area contributed by atoms with Crippen LogP contribution in [0.3, 0.4) is 0 Å². The fourth-order valence-corrected chi connectivity index (χ4v) is 4.48. The summed E-state index contributed by atoms with van der Waals surface area (Å²) in [6, 6.07) is 16.1. The molecule has 184 valence electrons. The van der Waals surface area contributed by atoms with Gasteiger partial charge in [-0.15, -0.1) is 10.2 Å². The second-order valence-electron chi connectivity index (χ2n) is 9.18. The first-order valence-corrected chi connectivity index (χ1v) is 12.1. The number of tetrazole rings is 1. The Balaban J connectivity index is 1.47. The Morgan fingerprint density at radius 3 is 2.67 bits per heavy atom. The van der Waals surface area contributed by atoms with E-state index in [4.69, 9.17) is 4.74 Å². The number of amides is 2. The van der Waals surface area contributed by atoms with Crippen molar-refractivity contribution in [2.75, 3.05) is 11.9 Å². The summed E-state index contributed by atoms with van der Waals surface area (Å²) in [5.74, 6) is 0.729. The average Bonchev–Trinajstić information content (AvgIpc) is 3.44. The third kappa shape index (κ3) is 4.73. The lowest BCUT2D eigenvalue weighted by molar-refractivity contribution is 0.250. The molecule has 10 nitrogen and oxygen atoms in total. The number of benzene rings is 2. The number of nitriles is 1. The van der Waals surface area contributed by atoms with Gasteiger partial charge in [-0.1, -0.05) is 12.1 Å². The maximum absolute atomic E-state index is 12.1. The zero-order valence-corrected chi connectivity index (χ0v) is 20.3. The number of ether oxygens (including phenoxy) is 1. The summed E-state index contributed by atoms with van der Waals surface area (Å²) >= 11 is 0. The third-order valence-electron chi connectivity index (χ3n) is 6.31. The molecule has 0 saturated heterocycles. The first-order valence-electron chi connectivity index (χ1n) is 12.1. The predicted molar refractivity (Wildman–Crippen MR) is 136 cm³/mol. The summed E-state index contributed by atoms with van der Waals surface area (Å²) in [4.78, 5) is 13.5. The Morgan fingerprint density at radius 2 is 2.03 bits per heavy atom. The Bertz CT molecular complexity index is 1400. The quantitative estimate of drug-likeness (QED) is 0.380. The van der Waals surface area contributed by atoms with Crippen LogP contribution in [-0.4, -0.2) is 43.5 Å². The first kappa shape index (κ1) is 23.4. The summed E-state index contributed by atoms with van der Waals surface area (Å²) < 4.78 is 8.26. The van der Waals surface area contributed by atoms with E-state index >= 15 is 0 Å². The average molecular weight is 485 g/mol. The van der Waals surface area contributed by atoms with Crippen LogP contribution in [0.2, 0.25) is 0 Å². The van der Waals surface area contributed by atoms with Crippen molar-refractivity contribution in [1.29, 1.82) is 5.26 Å². The molecule has 2 amide bonds. The summed E-state index contributed by atoms with van der Waals surface area (Å²) in [5, 5.41) is 28.3. The molecule has 1 saturated carbocycles. The third-order valence-corrected chi connectivity index (χ3v) is 6.31. The van der Waals surface area contributed by atoms with Crippen molar-refractivity contribution in [2.45, 2.75) is 51.7 Å². The van der Waals surface area contributed by atoms with E-state index in [1.165, 1.54) is 17.5 Å². The highest BCUT2D eigenvalue weighted by Gasteiger charge is 2.28. The molecular formula is C26H28N8O2. The number of urea groups is 1. The van der Waals surface area contributed by atoms with Crippen molar-refractivity contribution in [3.63, 3.8) is 0 Å². The van der Waals surface area contributed by atoms with Gasteiger partial charge in [0.25, 0.3) is 0 Å². The van der Waals surface area contributed by atoms with E-state index in [-0.39, 0.29) is 12.1 Å². The number of nitrogens with zero attached hydrogens (tertiary/aromatic N) is 6. The second kappa shape index (κ2) is 10.1. The molecule has 4 aromatic rings. The van der Waals surface area contributed by atoms with E-state index in [1.54, 1.807) is 0 Å². The number of fused-ring (bicyclic) bond motifs is 1. The van der Waals surface area contributed by atoms with E-state index in [9.17, 15) is 10.1 Å². The molecular weight excluding hydrogens is 456 g/mol. The van der Waals surface area contributed by atoms with Gasteiger partial charge in [-0.05, 0) is 68.2 Å². The lowest BCUT2D eigenvalue weighted by atomic mass is 9.92. The maximum atomic E-state index is 12.1. The zero-order chi connectivity index (χ0) is 25.1. The number of nitrogens with one attached hydrogen (secondary N) is 2. The largest absolute Gasteiger partial charge is 0.492 e. The van der Waals surface area contributed by atoms with Crippen LogP contribution in [0.5, 0.6) is 5.75 Å². The number of hydrogen-bond donors (Lipinski definition) is 2. The van der Waals surface area contributed by atoms with Crippen molar-refractivity contribution >= 4 is 22.6 Å². The minimum atomic E-state index is -0.244. The normalized spacial score (nSPS) is 13.4. The van der Waals surface area contributed by atoms with Gasteiger partial charge in [0.1, 0.15) is 18.4 Å². The Morgan fingerprint density at radius 1 is 1.22 bits per heavy atom. The van der Waals surface area contributed by atoms with Crippen LogP contribution >= 0.6 is 0 Å². The molecule has 5 rings (SSSR count). The highest BCUT2D eigenvalue weighted by molar-refractivity contribution is 5.96. The summed E-state index contributed by atoms with van der Waals surface area (Å²) in [5.41, 5.74) is 4.16. The summed E-state index contributed by atoms with van der Waals surface area (Å²) in [7, 11) is 0. The predicted octanol–water partition coefficient (Wildman–Crippen LogP) is 4.50. The second-order valence-corrected chi connectivity index (χ2v) is 9.18. The lowest BCUT2D eigenvalue weighted by Gasteiger charge is -2.30. The maximum Gasteiger partial charge on any atom is 0.319 e. The topological polar surface area (TPSA) is 123 Å². The van der Waals surface area contributed by atoms with Crippen LogP contribution in [-0.2, 0) is 6.54 Å². The SMILES string of the molecule is CC(C)NC(=O)Nc1ccc(-c2c(C#N)c3ccc(OCCn4ncnn4)cc3n2C2CCC2)cc1. The molecule has 2 aromatic heterocycles. The standard InChI is InChI=1S/C26H28N8O2/c1-17(2)30-26(35)31-19-8-6-18(7-9-19)25-23(15-27)22-11-10-21(36-13-12-33-29-16-28-32-33)14-24(22)34(25)20-4-3-5-20/h6-11,14,16-17,20H,3-5,12-13H2,1-2H3,(H2,30,31,35). The lowest BCUT2D eigenvalue weighted by Crippen LogP contribution is -2.34. The van der Waals surface area contributed by atoms with Crippen molar-refractivity contribution < 1.29 is 9.53 Å². The highest BCUT2D eigenvalue weighted by Crippen LogP contribution is 2.43. The Kier molecular flexibility index (Phi) is 6.54. The fourth-order valence-electron chi connectivity index (χ4n) is 4.48. The minimum Gasteiger partial charge on any atom is -0.492 e. The molecule has 2 N–H and O–H groups in total. The number of anilines is 1. The van der Waals surface area contributed by atoms with Gasteiger partial charge in [-0.2, -0.15) is 10.1 Å². The van der Waals surface area contributed by atoms with Gasteiger partial charge in [-0.25, -0.2) is 4.79 Å². The van der Waals surface area contributed by atoms with Crippen LogP contribution in [0.15, 0.2) is 48.8 Å². The molecule has 0 spiro atoms. The first-order chi connectivity index (χ1) is 17.5. The number of hydrogen-bond acceptors (Lipinski definition) is 6. The van der Waals surface area contributed by atoms with E-state index in [0.29, 0.717) is 30.4 Å². The van der Waals surface area contributed by atoms with Crippen LogP contribution in [0.4, 0.5) is 10.5 Å². The van der Waals surface area contributed by atoms with Gasteiger partial charge in [0, 0.05) is 29.2 Å². The molecule has 1 aliphatic rings. The number of carbonyl (C=O) groups is 1. The van der Waals surface area contributed by atoms with Crippen LogP contribution in [0.1, 0.15) is 44.7 Å². The molecule has 10 heteroatoms. The molecule has 2 aromatic carbocycles. The molecule has 0 atom stereocenters.